The molecule has 104 valence electrons. The summed E-state index contributed by atoms with van der Waals surface area (Å²) in [5.74, 6) is -0.593. The maximum Gasteiger partial charge on any atom is 0.243 e. The molecule has 0 aromatic heterocycles. The minimum atomic E-state index is -3.06. The number of carbonyl (C=O) groups is 1. The van der Waals surface area contributed by atoms with Crippen molar-refractivity contribution in [3.05, 3.63) is 29.3 Å². The molecule has 1 aromatic rings. The molecule has 0 unspecified atom stereocenters. The molecule has 19 heavy (non-hydrogen) atoms. The molecular weight excluding hydrogens is 288 g/mol. The third-order valence-corrected chi connectivity index (χ3v) is 5.28. The van der Waals surface area contributed by atoms with Crippen molar-refractivity contribution in [1.29, 1.82) is 0 Å². The second-order valence-electron chi connectivity index (χ2n) is 4.73. The molecule has 0 aliphatic carbocycles. The first-order chi connectivity index (χ1) is 8.83. The van der Waals surface area contributed by atoms with Crippen LogP contribution >= 0.6 is 11.6 Å². The molecular formula is C12H15ClN2O3S. The highest BCUT2D eigenvalue weighted by Crippen LogP contribution is 2.28. The lowest BCUT2D eigenvalue weighted by atomic mass is 9.91. The molecule has 1 aromatic carbocycles. The number of anilines is 1. The van der Waals surface area contributed by atoms with E-state index in [1.165, 1.54) is 0 Å². The van der Waals surface area contributed by atoms with Crippen molar-refractivity contribution in [3.63, 3.8) is 0 Å². The summed E-state index contributed by atoms with van der Waals surface area (Å²) in [7, 11) is -3.06. The maximum absolute atomic E-state index is 11.7. The van der Waals surface area contributed by atoms with Crippen LogP contribution in [0.15, 0.2) is 24.3 Å². The number of primary amides is 1. The minimum Gasteiger partial charge on any atom is -0.371 e. The zero-order valence-electron chi connectivity index (χ0n) is 10.2. The van der Waals surface area contributed by atoms with Crippen molar-refractivity contribution in [2.45, 2.75) is 18.4 Å². The van der Waals surface area contributed by atoms with Gasteiger partial charge in [0.1, 0.15) is 5.54 Å². The second kappa shape index (κ2) is 5.02. The third kappa shape index (κ3) is 3.19. The van der Waals surface area contributed by atoms with Gasteiger partial charge in [0.15, 0.2) is 9.84 Å². The van der Waals surface area contributed by atoms with Crippen LogP contribution in [0.2, 0.25) is 5.02 Å². The molecule has 0 atom stereocenters. The molecule has 1 amide bonds. The quantitative estimate of drug-likeness (QED) is 0.877. The van der Waals surface area contributed by atoms with Gasteiger partial charge in [-0.15, -0.1) is 0 Å². The molecule has 1 aliphatic heterocycles. The fourth-order valence-corrected chi connectivity index (χ4v) is 3.78. The molecule has 1 fully saturated rings. The van der Waals surface area contributed by atoms with Crippen molar-refractivity contribution in [2.24, 2.45) is 5.73 Å². The van der Waals surface area contributed by atoms with Gasteiger partial charge in [-0.05, 0) is 37.1 Å². The molecule has 1 heterocycles. The molecule has 5 nitrogen and oxygen atoms in total. The summed E-state index contributed by atoms with van der Waals surface area (Å²) in [6, 6.07) is 6.85. The first kappa shape index (κ1) is 14.1. The number of rotatable bonds is 3. The van der Waals surface area contributed by atoms with E-state index in [-0.39, 0.29) is 24.3 Å². The highest BCUT2D eigenvalue weighted by Gasteiger charge is 2.42. The molecule has 0 spiro atoms. The molecule has 3 N–H and O–H groups in total. The lowest BCUT2D eigenvalue weighted by Crippen LogP contribution is -2.55. The number of carbonyl (C=O) groups excluding carboxylic acids is 1. The van der Waals surface area contributed by atoms with E-state index in [1.807, 2.05) is 0 Å². The van der Waals surface area contributed by atoms with Gasteiger partial charge in [0.2, 0.25) is 5.91 Å². The zero-order chi connectivity index (χ0) is 14.1. The standard InChI is InChI=1S/C12H15ClN2O3S/c13-9-1-3-10(4-2-9)15-12(11(14)16)5-7-19(17,18)8-6-12/h1-4,15H,5-8H2,(H2,14,16). The molecule has 1 aliphatic rings. The Bertz CT molecular complexity index is 569. The fourth-order valence-electron chi connectivity index (χ4n) is 2.13. The van der Waals surface area contributed by atoms with Crippen LogP contribution in [0.1, 0.15) is 12.8 Å². The normalized spacial score (nSPS) is 20.7. The van der Waals surface area contributed by atoms with E-state index >= 15 is 0 Å². The zero-order valence-corrected chi connectivity index (χ0v) is 11.8. The monoisotopic (exact) mass is 302 g/mol. The van der Waals surface area contributed by atoms with Crippen molar-refractivity contribution in [2.75, 3.05) is 16.8 Å². The molecule has 0 bridgehead atoms. The number of nitrogens with two attached hydrogens (primary N) is 1. The number of hydrogen-bond donors (Lipinski definition) is 2. The first-order valence-corrected chi connectivity index (χ1v) is 8.07. The Labute approximate surface area is 117 Å². The predicted molar refractivity (Wildman–Crippen MR) is 74.9 cm³/mol. The van der Waals surface area contributed by atoms with E-state index in [0.29, 0.717) is 10.7 Å². The van der Waals surface area contributed by atoms with E-state index in [4.69, 9.17) is 17.3 Å². The van der Waals surface area contributed by atoms with Crippen molar-refractivity contribution < 1.29 is 13.2 Å². The van der Waals surface area contributed by atoms with Crippen LogP contribution in [0.4, 0.5) is 5.69 Å². The largest absolute Gasteiger partial charge is 0.371 e. The summed E-state index contributed by atoms with van der Waals surface area (Å²) in [5, 5.41) is 3.65. The minimum absolute atomic E-state index is 0.0312. The fraction of sp³-hybridized carbons (Fsp3) is 0.417. The van der Waals surface area contributed by atoms with Crippen LogP contribution in [-0.2, 0) is 14.6 Å². The Morgan fingerprint density at radius 3 is 2.21 bits per heavy atom. The topological polar surface area (TPSA) is 89.3 Å². The summed E-state index contributed by atoms with van der Waals surface area (Å²) in [4.78, 5) is 11.7. The molecule has 2 rings (SSSR count). The smallest absolute Gasteiger partial charge is 0.243 e. The SMILES string of the molecule is NC(=O)C1(Nc2ccc(Cl)cc2)CCS(=O)(=O)CC1. The first-order valence-electron chi connectivity index (χ1n) is 5.87. The van der Waals surface area contributed by atoms with Crippen LogP contribution in [0.25, 0.3) is 0 Å². The Balaban J connectivity index is 2.22. The number of nitrogens with one attached hydrogen (secondary N) is 1. The van der Waals surface area contributed by atoms with E-state index < -0.39 is 21.3 Å². The third-order valence-electron chi connectivity index (χ3n) is 3.38. The number of halogens is 1. The number of amides is 1. The Kier molecular flexibility index (Phi) is 3.73. The van der Waals surface area contributed by atoms with Gasteiger partial charge in [-0.1, -0.05) is 11.6 Å². The van der Waals surface area contributed by atoms with Crippen LogP contribution in [0.5, 0.6) is 0 Å². The lowest BCUT2D eigenvalue weighted by molar-refractivity contribution is -0.122. The summed E-state index contributed by atoms with van der Waals surface area (Å²) in [5.41, 5.74) is 5.14. The highest BCUT2D eigenvalue weighted by atomic mass is 35.5. The summed E-state index contributed by atoms with van der Waals surface area (Å²) in [6.07, 6.45) is 0.376. The number of hydrogen-bond acceptors (Lipinski definition) is 4. The molecule has 0 saturated carbocycles. The summed E-state index contributed by atoms with van der Waals surface area (Å²) >= 11 is 5.79. The van der Waals surface area contributed by atoms with E-state index in [9.17, 15) is 13.2 Å². The molecule has 1 saturated heterocycles. The average molecular weight is 303 g/mol. The molecule has 0 radical (unpaired) electrons. The van der Waals surface area contributed by atoms with Crippen LogP contribution in [0.3, 0.4) is 0 Å². The van der Waals surface area contributed by atoms with Gasteiger partial charge in [0.25, 0.3) is 0 Å². The number of benzene rings is 1. The van der Waals surface area contributed by atoms with Crippen molar-refractivity contribution in [3.8, 4) is 0 Å². The van der Waals surface area contributed by atoms with Crippen molar-refractivity contribution in [1.82, 2.24) is 0 Å². The molecule has 7 heteroatoms. The Morgan fingerprint density at radius 1 is 1.21 bits per heavy atom. The summed E-state index contributed by atoms with van der Waals surface area (Å²) < 4.78 is 22.9. The highest BCUT2D eigenvalue weighted by molar-refractivity contribution is 7.91. The van der Waals surface area contributed by atoms with Gasteiger partial charge in [-0.2, -0.15) is 0 Å². The summed E-state index contributed by atoms with van der Waals surface area (Å²) in [6.45, 7) is 0. The second-order valence-corrected chi connectivity index (χ2v) is 7.47. The lowest BCUT2D eigenvalue weighted by Gasteiger charge is -2.35. The van der Waals surface area contributed by atoms with E-state index in [1.54, 1.807) is 24.3 Å². The average Bonchev–Trinajstić information content (AvgIpc) is 2.35. The Hall–Kier alpha value is -1.27. The van der Waals surface area contributed by atoms with E-state index in [0.717, 1.165) is 0 Å². The van der Waals surface area contributed by atoms with Crippen molar-refractivity contribution >= 4 is 33.0 Å². The maximum atomic E-state index is 11.7. The van der Waals surface area contributed by atoms with Crippen LogP contribution in [-0.4, -0.2) is 31.4 Å². The Morgan fingerprint density at radius 2 is 1.74 bits per heavy atom. The van der Waals surface area contributed by atoms with Gasteiger partial charge in [-0.25, -0.2) is 8.42 Å². The van der Waals surface area contributed by atoms with Gasteiger partial charge in [-0.3, -0.25) is 4.79 Å². The van der Waals surface area contributed by atoms with E-state index in [2.05, 4.69) is 5.32 Å². The van der Waals surface area contributed by atoms with Crippen LogP contribution in [0, 0.1) is 0 Å². The van der Waals surface area contributed by atoms with Gasteiger partial charge < -0.3 is 11.1 Å². The van der Waals surface area contributed by atoms with Gasteiger partial charge in [0, 0.05) is 10.7 Å². The van der Waals surface area contributed by atoms with Gasteiger partial charge >= 0.3 is 0 Å². The number of sulfone groups is 1. The van der Waals surface area contributed by atoms with Crippen LogP contribution < -0.4 is 11.1 Å². The predicted octanol–water partition coefficient (Wildman–Crippen LogP) is 1.18. The van der Waals surface area contributed by atoms with Gasteiger partial charge in [0.05, 0.1) is 11.5 Å².